The molecule has 0 bridgehead atoms. The quantitative estimate of drug-likeness (QED) is 0.498. The van der Waals surface area contributed by atoms with E-state index >= 15 is 0 Å². The maximum atomic E-state index is 10.6. The third kappa shape index (κ3) is 4.44. The van der Waals surface area contributed by atoms with Crippen molar-refractivity contribution in [3.05, 3.63) is 47.5 Å². The Hall–Kier alpha value is -2.99. The fraction of sp³-hybridized carbons (Fsp3) is 0.375. The summed E-state index contributed by atoms with van der Waals surface area (Å²) in [6, 6.07) is 12.4. The van der Waals surface area contributed by atoms with Gasteiger partial charge in [0.05, 0.1) is 36.7 Å². The maximum absolute atomic E-state index is 10.6. The molecule has 0 aliphatic rings. The number of methoxy groups -OCH3 is 2. The van der Waals surface area contributed by atoms with E-state index < -0.39 is 0 Å². The minimum Gasteiger partial charge on any atom is -0.494 e. The molecule has 0 atom stereocenters. The molecule has 0 amide bonds. The van der Waals surface area contributed by atoms with Gasteiger partial charge in [0, 0.05) is 24.0 Å². The highest BCUT2D eigenvalue weighted by Crippen LogP contribution is 2.37. The van der Waals surface area contributed by atoms with Crippen molar-refractivity contribution in [3.63, 3.8) is 0 Å². The van der Waals surface area contributed by atoms with Crippen molar-refractivity contribution in [3.8, 4) is 17.4 Å². The summed E-state index contributed by atoms with van der Waals surface area (Å²) in [5.74, 6) is 1.31. The van der Waals surface area contributed by atoms with E-state index in [1.165, 1.54) is 5.56 Å². The zero-order valence-electron chi connectivity index (χ0n) is 18.6. The molecule has 160 valence electrons. The van der Waals surface area contributed by atoms with Crippen LogP contribution in [0.3, 0.4) is 0 Å². The van der Waals surface area contributed by atoms with Crippen molar-refractivity contribution in [1.29, 1.82) is 0 Å². The molecule has 2 N–H and O–H groups in total. The molecule has 0 aliphatic heterocycles. The number of aliphatic imine (C=N–C) groups is 1. The van der Waals surface area contributed by atoms with Crippen molar-refractivity contribution in [2.24, 2.45) is 4.99 Å². The lowest BCUT2D eigenvalue weighted by atomic mass is 10.1. The Labute approximate surface area is 178 Å². The van der Waals surface area contributed by atoms with Crippen LogP contribution in [0.25, 0.3) is 10.9 Å². The molecule has 0 radical (unpaired) electrons. The third-order valence-corrected chi connectivity index (χ3v) is 5.42. The fourth-order valence-electron chi connectivity index (χ4n) is 3.41. The van der Waals surface area contributed by atoms with Crippen LogP contribution in [0.1, 0.15) is 38.3 Å². The van der Waals surface area contributed by atoms with E-state index in [1.807, 2.05) is 31.2 Å². The zero-order chi connectivity index (χ0) is 21.8. The molecule has 0 unspecified atom stereocenters. The predicted octanol–water partition coefficient (Wildman–Crippen LogP) is 5.26. The number of H-pyrrole nitrogens is 1. The molecule has 30 heavy (non-hydrogen) atoms. The van der Waals surface area contributed by atoms with E-state index in [4.69, 9.17) is 14.5 Å². The first kappa shape index (κ1) is 21.7. The van der Waals surface area contributed by atoms with Gasteiger partial charge in [-0.1, -0.05) is 19.1 Å². The Kier molecular flexibility index (Phi) is 6.67. The number of benzene rings is 2. The fourth-order valence-corrected chi connectivity index (χ4v) is 3.41. The van der Waals surface area contributed by atoms with Crippen molar-refractivity contribution in [2.75, 3.05) is 21.3 Å². The largest absolute Gasteiger partial charge is 0.494 e. The standard InChI is InChI=1S/C24H31N3O3/c1-7-19(25-17-10-8-16(9-11-17)14-27(4)15(2)3)23-18-12-21(29-5)22(30-6)13-20(18)26-24(23)28/h8-13,15,26,28H,7,14H2,1-6H3. The highest BCUT2D eigenvalue weighted by Gasteiger charge is 2.18. The molecule has 1 aromatic heterocycles. The average Bonchev–Trinajstić information content (AvgIpc) is 3.06. The van der Waals surface area contributed by atoms with E-state index in [0.29, 0.717) is 29.5 Å². The van der Waals surface area contributed by atoms with E-state index in [1.54, 1.807) is 14.2 Å². The number of ether oxygens (including phenoxy) is 2. The summed E-state index contributed by atoms with van der Waals surface area (Å²) in [5.41, 5.74) is 4.37. The van der Waals surface area contributed by atoms with Crippen LogP contribution >= 0.6 is 0 Å². The number of aromatic hydroxyl groups is 1. The summed E-state index contributed by atoms with van der Waals surface area (Å²) in [6.45, 7) is 7.30. The Bertz CT molecular complexity index is 1040. The predicted molar refractivity (Wildman–Crippen MR) is 123 cm³/mol. The number of nitrogens with zero attached hydrogens (tertiary/aromatic N) is 2. The highest BCUT2D eigenvalue weighted by atomic mass is 16.5. The molecule has 0 saturated carbocycles. The van der Waals surface area contributed by atoms with Crippen molar-refractivity contribution < 1.29 is 14.6 Å². The topological polar surface area (TPSA) is 70.1 Å². The van der Waals surface area contributed by atoms with Crippen molar-refractivity contribution in [2.45, 2.75) is 39.8 Å². The van der Waals surface area contributed by atoms with Gasteiger partial charge in [-0.15, -0.1) is 0 Å². The van der Waals surface area contributed by atoms with E-state index in [9.17, 15) is 5.11 Å². The van der Waals surface area contributed by atoms with Gasteiger partial charge in [0.2, 0.25) is 0 Å². The third-order valence-electron chi connectivity index (χ3n) is 5.42. The molecular weight excluding hydrogens is 378 g/mol. The van der Waals surface area contributed by atoms with Crippen LogP contribution in [0.15, 0.2) is 41.4 Å². The lowest BCUT2D eigenvalue weighted by Crippen LogP contribution is -2.25. The number of fused-ring (bicyclic) bond motifs is 1. The van der Waals surface area contributed by atoms with E-state index in [0.717, 1.165) is 28.8 Å². The van der Waals surface area contributed by atoms with Crippen molar-refractivity contribution >= 4 is 22.3 Å². The van der Waals surface area contributed by atoms with Crippen LogP contribution in [0.2, 0.25) is 0 Å². The Morgan fingerprint density at radius 2 is 1.73 bits per heavy atom. The SMILES string of the molecule is CCC(=Nc1ccc(CN(C)C(C)C)cc1)c1c(O)[nH]c2cc(OC)c(OC)cc12. The Balaban J connectivity index is 1.98. The minimum atomic E-state index is 0.0936. The number of nitrogens with one attached hydrogen (secondary N) is 1. The second kappa shape index (κ2) is 9.22. The zero-order valence-corrected chi connectivity index (χ0v) is 18.6. The molecule has 0 spiro atoms. The van der Waals surface area contributed by atoms with Gasteiger partial charge in [-0.25, -0.2) is 0 Å². The normalized spacial score (nSPS) is 12.2. The van der Waals surface area contributed by atoms with Gasteiger partial charge in [-0.3, -0.25) is 9.89 Å². The lowest BCUT2D eigenvalue weighted by Gasteiger charge is -2.20. The van der Waals surface area contributed by atoms with Crippen LogP contribution in [-0.2, 0) is 6.54 Å². The second-order valence-electron chi connectivity index (χ2n) is 7.69. The van der Waals surface area contributed by atoms with Gasteiger partial charge in [-0.05, 0) is 51.1 Å². The minimum absolute atomic E-state index is 0.0936. The molecule has 0 saturated heterocycles. The Morgan fingerprint density at radius 1 is 1.10 bits per heavy atom. The molecule has 1 heterocycles. The molecule has 3 aromatic rings. The first-order valence-corrected chi connectivity index (χ1v) is 10.2. The van der Waals surface area contributed by atoms with Crippen LogP contribution in [0.4, 0.5) is 5.69 Å². The number of hydrogen-bond donors (Lipinski definition) is 2. The highest BCUT2D eigenvalue weighted by molar-refractivity contribution is 6.14. The molecular formula is C24H31N3O3. The van der Waals surface area contributed by atoms with E-state index in [2.05, 4.69) is 42.9 Å². The number of hydrogen-bond acceptors (Lipinski definition) is 5. The summed E-state index contributed by atoms with van der Waals surface area (Å²) in [5, 5.41) is 11.5. The summed E-state index contributed by atoms with van der Waals surface area (Å²) < 4.78 is 10.8. The summed E-state index contributed by atoms with van der Waals surface area (Å²) >= 11 is 0. The Morgan fingerprint density at radius 3 is 2.30 bits per heavy atom. The number of aromatic amines is 1. The molecule has 2 aromatic carbocycles. The van der Waals surface area contributed by atoms with Crippen LogP contribution in [0.5, 0.6) is 17.4 Å². The molecule has 3 rings (SSSR count). The van der Waals surface area contributed by atoms with Gasteiger partial charge < -0.3 is 19.6 Å². The van der Waals surface area contributed by atoms with Gasteiger partial charge in [0.1, 0.15) is 0 Å². The van der Waals surface area contributed by atoms with Crippen LogP contribution < -0.4 is 9.47 Å². The smallest absolute Gasteiger partial charge is 0.198 e. The van der Waals surface area contributed by atoms with Crippen LogP contribution in [-0.4, -0.2) is 48.0 Å². The molecule has 6 heteroatoms. The molecule has 0 fully saturated rings. The van der Waals surface area contributed by atoms with Gasteiger partial charge >= 0.3 is 0 Å². The van der Waals surface area contributed by atoms with Crippen LogP contribution in [0, 0.1) is 0 Å². The summed E-state index contributed by atoms with van der Waals surface area (Å²) in [6.07, 6.45) is 0.673. The van der Waals surface area contributed by atoms with Gasteiger partial charge in [0.25, 0.3) is 0 Å². The first-order chi connectivity index (χ1) is 14.4. The summed E-state index contributed by atoms with van der Waals surface area (Å²) in [7, 11) is 5.31. The average molecular weight is 410 g/mol. The summed E-state index contributed by atoms with van der Waals surface area (Å²) in [4.78, 5) is 10.2. The van der Waals surface area contributed by atoms with E-state index in [-0.39, 0.29) is 5.88 Å². The monoisotopic (exact) mass is 409 g/mol. The number of rotatable bonds is 8. The van der Waals surface area contributed by atoms with Gasteiger partial charge in [-0.2, -0.15) is 0 Å². The lowest BCUT2D eigenvalue weighted by molar-refractivity contribution is 0.266. The second-order valence-corrected chi connectivity index (χ2v) is 7.69. The maximum Gasteiger partial charge on any atom is 0.198 e. The van der Waals surface area contributed by atoms with Crippen molar-refractivity contribution in [1.82, 2.24) is 9.88 Å². The molecule has 6 nitrogen and oxygen atoms in total. The first-order valence-electron chi connectivity index (χ1n) is 10.2. The molecule has 0 aliphatic carbocycles. The van der Waals surface area contributed by atoms with Gasteiger partial charge in [0.15, 0.2) is 17.4 Å². The number of aromatic nitrogens is 1.